The monoisotopic (exact) mass is 233 g/mol. The van der Waals surface area contributed by atoms with Gasteiger partial charge in [0, 0.05) is 24.0 Å². The molecule has 0 atom stereocenters. The Morgan fingerprint density at radius 1 is 1.19 bits per heavy atom. The van der Waals surface area contributed by atoms with Crippen LogP contribution in [-0.4, -0.2) is 9.97 Å². The average Bonchev–Trinajstić information content (AvgIpc) is 2.30. The van der Waals surface area contributed by atoms with Gasteiger partial charge in [-0.05, 0) is 24.1 Å². The molecule has 1 heterocycles. The fraction of sp³-hybridized carbons (Fsp3) is 0.167. The van der Waals surface area contributed by atoms with Crippen LogP contribution in [0.15, 0.2) is 36.7 Å². The van der Waals surface area contributed by atoms with Crippen molar-refractivity contribution in [2.24, 2.45) is 0 Å². The molecule has 1 N–H and O–H groups in total. The summed E-state index contributed by atoms with van der Waals surface area (Å²) < 4.78 is 0. The van der Waals surface area contributed by atoms with Crippen LogP contribution >= 0.6 is 11.6 Å². The maximum atomic E-state index is 6.03. The van der Waals surface area contributed by atoms with Crippen molar-refractivity contribution in [3.63, 3.8) is 0 Å². The van der Waals surface area contributed by atoms with Gasteiger partial charge in [-0.25, -0.2) is 9.97 Å². The Bertz CT molecular complexity index is 468. The third-order valence-corrected chi connectivity index (χ3v) is 2.54. The van der Waals surface area contributed by atoms with E-state index >= 15 is 0 Å². The van der Waals surface area contributed by atoms with E-state index in [1.807, 2.05) is 31.2 Å². The zero-order valence-corrected chi connectivity index (χ0v) is 9.70. The van der Waals surface area contributed by atoms with Gasteiger partial charge in [0.15, 0.2) is 0 Å². The van der Waals surface area contributed by atoms with E-state index in [-0.39, 0.29) is 0 Å². The lowest BCUT2D eigenvalue weighted by Crippen LogP contribution is -2.03. The van der Waals surface area contributed by atoms with Crippen LogP contribution in [0.2, 0.25) is 5.02 Å². The summed E-state index contributed by atoms with van der Waals surface area (Å²) in [7, 11) is 0. The topological polar surface area (TPSA) is 37.8 Å². The van der Waals surface area contributed by atoms with E-state index in [9.17, 15) is 0 Å². The van der Waals surface area contributed by atoms with Gasteiger partial charge in [0.1, 0.15) is 0 Å². The molecule has 0 aliphatic rings. The summed E-state index contributed by atoms with van der Waals surface area (Å²) in [6.07, 6.45) is 3.56. The van der Waals surface area contributed by atoms with Gasteiger partial charge < -0.3 is 5.32 Å². The molecule has 0 saturated carbocycles. The number of nitrogens with one attached hydrogen (secondary N) is 1. The predicted octanol–water partition coefficient (Wildman–Crippen LogP) is 3.05. The molecule has 4 heteroatoms. The molecule has 0 fully saturated rings. The van der Waals surface area contributed by atoms with Crippen LogP contribution in [0.3, 0.4) is 0 Å². The van der Waals surface area contributed by atoms with Crippen molar-refractivity contribution in [3.05, 3.63) is 52.8 Å². The Morgan fingerprint density at radius 2 is 1.88 bits per heavy atom. The van der Waals surface area contributed by atoms with Crippen LogP contribution in [0.25, 0.3) is 0 Å². The van der Waals surface area contributed by atoms with Crippen molar-refractivity contribution < 1.29 is 0 Å². The van der Waals surface area contributed by atoms with Crippen LogP contribution in [0, 0.1) is 6.92 Å². The molecule has 1 aromatic carbocycles. The summed E-state index contributed by atoms with van der Waals surface area (Å²) in [6, 6.07) is 7.71. The molecule has 16 heavy (non-hydrogen) atoms. The number of hydrogen-bond acceptors (Lipinski definition) is 3. The lowest BCUT2D eigenvalue weighted by molar-refractivity contribution is 1.04. The molecule has 0 spiro atoms. The zero-order chi connectivity index (χ0) is 11.4. The first-order valence-corrected chi connectivity index (χ1v) is 5.39. The van der Waals surface area contributed by atoms with E-state index in [1.165, 1.54) is 0 Å². The summed E-state index contributed by atoms with van der Waals surface area (Å²) in [5, 5.41) is 3.87. The number of anilines is 1. The van der Waals surface area contributed by atoms with E-state index in [2.05, 4.69) is 15.3 Å². The maximum absolute atomic E-state index is 6.03. The standard InChI is InChI=1S/C12H12ClN3/c1-9-6-14-12(15-7-9)16-8-10-4-2-3-5-11(10)13/h2-7H,8H2,1H3,(H,14,15,16). The number of rotatable bonds is 3. The van der Waals surface area contributed by atoms with E-state index < -0.39 is 0 Å². The highest BCUT2D eigenvalue weighted by atomic mass is 35.5. The second-order valence-corrected chi connectivity index (χ2v) is 3.94. The molecule has 82 valence electrons. The second-order valence-electron chi connectivity index (χ2n) is 3.53. The lowest BCUT2D eigenvalue weighted by Gasteiger charge is -2.06. The average molecular weight is 234 g/mol. The molecule has 1 aromatic heterocycles. The first-order valence-electron chi connectivity index (χ1n) is 5.01. The smallest absolute Gasteiger partial charge is 0.222 e. The molecule has 2 aromatic rings. The Balaban J connectivity index is 2.02. The summed E-state index contributed by atoms with van der Waals surface area (Å²) in [6.45, 7) is 2.58. The highest BCUT2D eigenvalue weighted by molar-refractivity contribution is 6.31. The maximum Gasteiger partial charge on any atom is 0.222 e. The van der Waals surface area contributed by atoms with Crippen molar-refractivity contribution >= 4 is 17.5 Å². The first kappa shape index (κ1) is 10.9. The van der Waals surface area contributed by atoms with Crippen LogP contribution in [0.5, 0.6) is 0 Å². The molecule has 0 aliphatic heterocycles. The van der Waals surface area contributed by atoms with Gasteiger partial charge in [0.2, 0.25) is 5.95 Å². The van der Waals surface area contributed by atoms with Crippen LogP contribution in [-0.2, 0) is 6.54 Å². The van der Waals surface area contributed by atoms with Gasteiger partial charge in [-0.3, -0.25) is 0 Å². The Hall–Kier alpha value is -1.61. The van der Waals surface area contributed by atoms with E-state index in [0.29, 0.717) is 12.5 Å². The quantitative estimate of drug-likeness (QED) is 0.886. The van der Waals surface area contributed by atoms with Crippen molar-refractivity contribution in [3.8, 4) is 0 Å². The summed E-state index contributed by atoms with van der Waals surface area (Å²) >= 11 is 6.03. The van der Waals surface area contributed by atoms with Gasteiger partial charge in [0.05, 0.1) is 0 Å². The third kappa shape index (κ3) is 2.70. The minimum Gasteiger partial charge on any atom is -0.350 e. The molecule has 0 aliphatic carbocycles. The number of benzene rings is 1. The largest absolute Gasteiger partial charge is 0.350 e. The van der Waals surface area contributed by atoms with Gasteiger partial charge in [-0.15, -0.1) is 0 Å². The van der Waals surface area contributed by atoms with Crippen LogP contribution < -0.4 is 5.32 Å². The Morgan fingerprint density at radius 3 is 2.56 bits per heavy atom. The summed E-state index contributed by atoms with van der Waals surface area (Å²) in [5.41, 5.74) is 2.08. The second kappa shape index (κ2) is 4.94. The number of aryl methyl sites for hydroxylation is 1. The Labute approximate surface area is 99.5 Å². The van der Waals surface area contributed by atoms with Crippen LogP contribution in [0.4, 0.5) is 5.95 Å². The molecule has 0 saturated heterocycles. The minimum atomic E-state index is 0.616. The van der Waals surface area contributed by atoms with Crippen molar-refractivity contribution in [1.29, 1.82) is 0 Å². The lowest BCUT2D eigenvalue weighted by atomic mass is 10.2. The fourth-order valence-electron chi connectivity index (χ4n) is 1.30. The molecule has 3 nitrogen and oxygen atoms in total. The van der Waals surface area contributed by atoms with E-state index in [0.717, 1.165) is 16.1 Å². The fourth-order valence-corrected chi connectivity index (χ4v) is 1.50. The molecule has 0 unspecified atom stereocenters. The number of halogens is 1. The third-order valence-electron chi connectivity index (χ3n) is 2.18. The molecular formula is C12H12ClN3. The van der Waals surface area contributed by atoms with Gasteiger partial charge in [-0.1, -0.05) is 29.8 Å². The number of aromatic nitrogens is 2. The first-order chi connectivity index (χ1) is 7.75. The van der Waals surface area contributed by atoms with E-state index in [4.69, 9.17) is 11.6 Å². The highest BCUT2D eigenvalue weighted by Gasteiger charge is 1.99. The minimum absolute atomic E-state index is 0.616. The molecular weight excluding hydrogens is 222 g/mol. The Kier molecular flexibility index (Phi) is 3.37. The normalized spacial score (nSPS) is 10.1. The van der Waals surface area contributed by atoms with Gasteiger partial charge in [-0.2, -0.15) is 0 Å². The summed E-state index contributed by atoms with van der Waals surface area (Å²) in [5.74, 6) is 0.616. The van der Waals surface area contributed by atoms with Gasteiger partial charge in [0.25, 0.3) is 0 Å². The van der Waals surface area contributed by atoms with Gasteiger partial charge >= 0.3 is 0 Å². The molecule has 0 bridgehead atoms. The number of hydrogen-bond donors (Lipinski definition) is 1. The SMILES string of the molecule is Cc1cnc(NCc2ccccc2Cl)nc1. The summed E-state index contributed by atoms with van der Waals surface area (Å²) in [4.78, 5) is 8.32. The molecule has 2 rings (SSSR count). The highest BCUT2D eigenvalue weighted by Crippen LogP contribution is 2.15. The van der Waals surface area contributed by atoms with Crippen molar-refractivity contribution in [2.75, 3.05) is 5.32 Å². The zero-order valence-electron chi connectivity index (χ0n) is 8.94. The van der Waals surface area contributed by atoms with Crippen molar-refractivity contribution in [1.82, 2.24) is 9.97 Å². The number of nitrogens with zero attached hydrogens (tertiary/aromatic N) is 2. The predicted molar refractivity (Wildman–Crippen MR) is 65.5 cm³/mol. The van der Waals surface area contributed by atoms with Crippen molar-refractivity contribution in [2.45, 2.75) is 13.5 Å². The van der Waals surface area contributed by atoms with Crippen LogP contribution in [0.1, 0.15) is 11.1 Å². The van der Waals surface area contributed by atoms with E-state index in [1.54, 1.807) is 12.4 Å². The molecule has 0 amide bonds. The molecule has 0 radical (unpaired) electrons.